The third-order valence-electron chi connectivity index (χ3n) is 3.01. The van der Waals surface area contributed by atoms with Gasteiger partial charge < -0.3 is 10.6 Å². The van der Waals surface area contributed by atoms with Gasteiger partial charge >= 0.3 is 0 Å². The normalized spacial score (nSPS) is 13.9. The van der Waals surface area contributed by atoms with Crippen molar-refractivity contribution >= 4 is 11.6 Å². The smallest absolute Gasteiger partial charge is 0.257 e. The number of halogens is 2. The van der Waals surface area contributed by atoms with Gasteiger partial charge in [0.2, 0.25) is 0 Å². The highest BCUT2D eigenvalue weighted by Crippen LogP contribution is 2.29. The molecule has 0 unspecified atom stereocenters. The Labute approximate surface area is 109 Å². The lowest BCUT2D eigenvalue weighted by molar-refractivity contribution is 0.0741. The standard InChI is InChI=1S/C13H13F2N3O/c14-8-6-10(12(15)11(17)7-8)13(19)18(5-1-4-16)9-2-3-9/h6-7,9H,1-3,5,17H2. The Kier molecular flexibility index (Phi) is 3.65. The van der Waals surface area contributed by atoms with Gasteiger partial charge in [0.05, 0.1) is 23.7 Å². The van der Waals surface area contributed by atoms with Gasteiger partial charge in [-0.25, -0.2) is 8.78 Å². The summed E-state index contributed by atoms with van der Waals surface area (Å²) in [5, 5.41) is 8.57. The van der Waals surface area contributed by atoms with Gasteiger partial charge in [-0.05, 0) is 25.0 Å². The van der Waals surface area contributed by atoms with Crippen molar-refractivity contribution in [3.8, 4) is 6.07 Å². The minimum Gasteiger partial charge on any atom is -0.396 e. The molecule has 0 aliphatic heterocycles. The Morgan fingerprint density at radius 2 is 2.16 bits per heavy atom. The lowest BCUT2D eigenvalue weighted by atomic mass is 10.1. The summed E-state index contributed by atoms with van der Waals surface area (Å²) in [6.07, 6.45) is 1.81. The molecule has 6 heteroatoms. The number of hydrogen-bond acceptors (Lipinski definition) is 3. The zero-order valence-corrected chi connectivity index (χ0v) is 10.2. The van der Waals surface area contributed by atoms with Crippen LogP contribution in [0.3, 0.4) is 0 Å². The molecule has 0 saturated heterocycles. The van der Waals surface area contributed by atoms with Crippen LogP contribution in [-0.2, 0) is 0 Å². The van der Waals surface area contributed by atoms with E-state index in [4.69, 9.17) is 11.0 Å². The van der Waals surface area contributed by atoms with Crippen LogP contribution in [0.2, 0.25) is 0 Å². The number of anilines is 1. The quantitative estimate of drug-likeness (QED) is 0.847. The van der Waals surface area contributed by atoms with Crippen LogP contribution in [0.1, 0.15) is 29.6 Å². The number of nitrogen functional groups attached to an aromatic ring is 1. The molecule has 2 N–H and O–H groups in total. The topological polar surface area (TPSA) is 70.1 Å². The molecule has 0 aromatic heterocycles. The third kappa shape index (κ3) is 2.81. The molecule has 1 aliphatic carbocycles. The fourth-order valence-corrected chi connectivity index (χ4v) is 1.93. The molecule has 0 atom stereocenters. The fraction of sp³-hybridized carbons (Fsp3) is 0.385. The highest BCUT2D eigenvalue weighted by Gasteiger charge is 2.34. The second-order valence-corrected chi connectivity index (χ2v) is 4.49. The molecular formula is C13H13F2N3O. The van der Waals surface area contributed by atoms with Crippen molar-refractivity contribution in [3.63, 3.8) is 0 Å². The number of nitrogens with two attached hydrogens (primary N) is 1. The van der Waals surface area contributed by atoms with Crippen molar-refractivity contribution in [2.45, 2.75) is 25.3 Å². The molecule has 0 spiro atoms. The van der Waals surface area contributed by atoms with Crippen LogP contribution >= 0.6 is 0 Å². The molecule has 1 fully saturated rings. The molecule has 0 heterocycles. The fourth-order valence-electron chi connectivity index (χ4n) is 1.93. The van der Waals surface area contributed by atoms with E-state index in [9.17, 15) is 13.6 Å². The van der Waals surface area contributed by atoms with Gasteiger partial charge in [0.1, 0.15) is 5.82 Å². The summed E-state index contributed by atoms with van der Waals surface area (Å²) < 4.78 is 27.0. The SMILES string of the molecule is N#CCCN(C(=O)c1cc(F)cc(N)c1F)C1CC1. The van der Waals surface area contributed by atoms with Crippen molar-refractivity contribution in [3.05, 3.63) is 29.3 Å². The zero-order valence-electron chi connectivity index (χ0n) is 10.2. The van der Waals surface area contributed by atoms with Gasteiger partial charge in [-0.1, -0.05) is 0 Å². The number of carbonyl (C=O) groups is 1. The molecule has 1 aromatic carbocycles. The van der Waals surface area contributed by atoms with Crippen molar-refractivity contribution in [2.24, 2.45) is 0 Å². The zero-order chi connectivity index (χ0) is 14.0. The summed E-state index contributed by atoms with van der Waals surface area (Å²) in [5.41, 5.74) is 4.55. The van der Waals surface area contributed by atoms with Gasteiger partial charge in [0.15, 0.2) is 5.82 Å². The number of nitriles is 1. The van der Waals surface area contributed by atoms with Crippen LogP contribution in [-0.4, -0.2) is 23.4 Å². The number of hydrogen-bond donors (Lipinski definition) is 1. The van der Waals surface area contributed by atoms with Crippen LogP contribution in [0.15, 0.2) is 12.1 Å². The average molecular weight is 265 g/mol. The predicted molar refractivity (Wildman–Crippen MR) is 65.1 cm³/mol. The molecule has 4 nitrogen and oxygen atoms in total. The monoisotopic (exact) mass is 265 g/mol. The van der Waals surface area contributed by atoms with Gasteiger partial charge in [0.25, 0.3) is 5.91 Å². The summed E-state index contributed by atoms with van der Waals surface area (Å²) in [4.78, 5) is 13.6. The molecule has 19 heavy (non-hydrogen) atoms. The first kappa shape index (κ1) is 13.3. The highest BCUT2D eigenvalue weighted by molar-refractivity contribution is 5.95. The van der Waals surface area contributed by atoms with E-state index >= 15 is 0 Å². The number of rotatable bonds is 4. The Hall–Kier alpha value is -2.16. The first-order chi connectivity index (χ1) is 9.04. The van der Waals surface area contributed by atoms with Crippen molar-refractivity contribution in [2.75, 3.05) is 12.3 Å². The van der Waals surface area contributed by atoms with E-state index < -0.39 is 17.5 Å². The lowest BCUT2D eigenvalue weighted by Crippen LogP contribution is -2.34. The van der Waals surface area contributed by atoms with Crippen LogP contribution in [0.4, 0.5) is 14.5 Å². The molecular weight excluding hydrogens is 252 g/mol. The molecule has 0 radical (unpaired) electrons. The summed E-state index contributed by atoms with van der Waals surface area (Å²) >= 11 is 0. The number of carbonyl (C=O) groups excluding carboxylic acids is 1. The highest BCUT2D eigenvalue weighted by atomic mass is 19.1. The van der Waals surface area contributed by atoms with E-state index in [2.05, 4.69) is 0 Å². The summed E-state index contributed by atoms with van der Waals surface area (Å²) in [5.74, 6) is -2.27. The maximum absolute atomic E-state index is 13.8. The number of benzene rings is 1. The molecule has 100 valence electrons. The van der Waals surface area contributed by atoms with Crippen molar-refractivity contribution < 1.29 is 13.6 Å². The first-order valence-corrected chi connectivity index (χ1v) is 5.97. The molecule has 1 saturated carbocycles. The molecule has 1 amide bonds. The maximum Gasteiger partial charge on any atom is 0.257 e. The van der Waals surface area contributed by atoms with Gasteiger partial charge in [-0.3, -0.25) is 4.79 Å². The van der Waals surface area contributed by atoms with E-state index in [0.717, 1.165) is 25.0 Å². The van der Waals surface area contributed by atoms with Gasteiger partial charge in [-0.2, -0.15) is 5.26 Å². The van der Waals surface area contributed by atoms with Gasteiger partial charge in [-0.15, -0.1) is 0 Å². The summed E-state index contributed by atoms with van der Waals surface area (Å²) in [6, 6.07) is 3.64. The summed E-state index contributed by atoms with van der Waals surface area (Å²) in [6.45, 7) is 0.218. The average Bonchev–Trinajstić information content (AvgIpc) is 3.18. The second-order valence-electron chi connectivity index (χ2n) is 4.49. The van der Waals surface area contributed by atoms with E-state index in [1.807, 2.05) is 6.07 Å². The Morgan fingerprint density at radius 3 is 2.74 bits per heavy atom. The van der Waals surface area contributed by atoms with Crippen LogP contribution in [0.25, 0.3) is 0 Å². The van der Waals surface area contributed by atoms with Crippen LogP contribution < -0.4 is 5.73 Å². The van der Waals surface area contributed by atoms with E-state index in [0.29, 0.717) is 0 Å². The molecule has 1 aromatic rings. The van der Waals surface area contributed by atoms with Gasteiger partial charge in [0, 0.05) is 12.6 Å². The van der Waals surface area contributed by atoms with Crippen LogP contribution in [0.5, 0.6) is 0 Å². The first-order valence-electron chi connectivity index (χ1n) is 5.97. The van der Waals surface area contributed by atoms with Crippen LogP contribution in [0, 0.1) is 23.0 Å². The number of amides is 1. The number of nitrogens with zero attached hydrogens (tertiary/aromatic N) is 2. The Bertz CT molecular complexity index is 550. The second kappa shape index (κ2) is 5.22. The lowest BCUT2D eigenvalue weighted by Gasteiger charge is -2.21. The maximum atomic E-state index is 13.8. The minimum atomic E-state index is -0.908. The van der Waals surface area contributed by atoms with E-state index in [1.165, 1.54) is 4.90 Å². The Balaban J connectivity index is 2.29. The molecule has 2 rings (SSSR count). The van der Waals surface area contributed by atoms with Crippen molar-refractivity contribution in [1.82, 2.24) is 4.90 Å². The predicted octanol–water partition coefficient (Wildman–Crippen LogP) is 2.07. The molecule has 0 bridgehead atoms. The third-order valence-corrected chi connectivity index (χ3v) is 3.01. The largest absolute Gasteiger partial charge is 0.396 e. The van der Waals surface area contributed by atoms with E-state index in [-0.39, 0.29) is 30.3 Å². The van der Waals surface area contributed by atoms with E-state index in [1.54, 1.807) is 0 Å². The summed E-state index contributed by atoms with van der Waals surface area (Å²) in [7, 11) is 0. The minimum absolute atomic E-state index is 0.0183. The Morgan fingerprint density at radius 1 is 1.47 bits per heavy atom. The van der Waals surface area contributed by atoms with Crippen molar-refractivity contribution in [1.29, 1.82) is 5.26 Å². The molecule has 1 aliphatic rings.